The fourth-order valence-electron chi connectivity index (χ4n) is 2.76. The normalized spacial score (nSPS) is 10.5. The van der Waals surface area contributed by atoms with E-state index in [2.05, 4.69) is 10.3 Å². The maximum Gasteiger partial charge on any atom is 0.311 e. The van der Waals surface area contributed by atoms with Crippen molar-refractivity contribution in [3.05, 3.63) is 76.8 Å². The van der Waals surface area contributed by atoms with Crippen molar-refractivity contribution in [1.82, 2.24) is 10.3 Å². The summed E-state index contributed by atoms with van der Waals surface area (Å²) in [6.45, 7) is 2.50. The van der Waals surface area contributed by atoms with Gasteiger partial charge in [-0.15, -0.1) is 11.3 Å². The first-order chi connectivity index (χ1) is 14.1. The first kappa shape index (κ1) is 20.7. The van der Waals surface area contributed by atoms with E-state index in [1.807, 2.05) is 66.9 Å². The van der Waals surface area contributed by atoms with Gasteiger partial charge in [0.1, 0.15) is 11.6 Å². The molecule has 1 aromatic heterocycles. The molecule has 0 atom stereocenters. The molecule has 0 bridgehead atoms. The van der Waals surface area contributed by atoms with E-state index in [9.17, 15) is 9.59 Å². The van der Waals surface area contributed by atoms with E-state index < -0.39 is 0 Å². The largest absolute Gasteiger partial charge is 0.464 e. The smallest absolute Gasteiger partial charge is 0.311 e. The molecule has 0 aliphatic heterocycles. The maximum absolute atomic E-state index is 12.0. The average Bonchev–Trinajstić information content (AvgIpc) is 3.20. The number of nitrogens with zero attached hydrogens (tertiary/aromatic N) is 1. The Bertz CT molecular complexity index is 936. The molecule has 29 heavy (non-hydrogen) atoms. The lowest BCUT2D eigenvalue weighted by atomic mass is 10.1. The number of benzene rings is 2. The van der Waals surface area contributed by atoms with E-state index in [1.54, 1.807) is 0 Å². The Labute approximate surface area is 174 Å². The van der Waals surface area contributed by atoms with Gasteiger partial charge in [-0.1, -0.05) is 60.2 Å². The topological polar surface area (TPSA) is 68.3 Å². The molecule has 0 fully saturated rings. The molecule has 0 aliphatic rings. The van der Waals surface area contributed by atoms with Crippen molar-refractivity contribution in [2.24, 2.45) is 0 Å². The summed E-state index contributed by atoms with van der Waals surface area (Å²) in [5.41, 5.74) is 4.07. The Morgan fingerprint density at radius 3 is 2.59 bits per heavy atom. The number of aryl methyl sites for hydroxylation is 2. The third-order valence-electron chi connectivity index (χ3n) is 4.35. The van der Waals surface area contributed by atoms with Gasteiger partial charge in [0.25, 0.3) is 0 Å². The number of amides is 1. The number of aromatic nitrogens is 1. The van der Waals surface area contributed by atoms with Crippen LogP contribution in [0, 0.1) is 6.92 Å². The predicted molar refractivity (Wildman–Crippen MR) is 115 cm³/mol. The van der Waals surface area contributed by atoms with Gasteiger partial charge in [-0.05, 0) is 18.9 Å². The van der Waals surface area contributed by atoms with Crippen LogP contribution in [0.1, 0.15) is 23.2 Å². The average molecular weight is 409 g/mol. The predicted octanol–water partition coefficient (Wildman–Crippen LogP) is 3.95. The van der Waals surface area contributed by atoms with E-state index in [1.165, 1.54) is 16.9 Å². The Morgan fingerprint density at radius 1 is 1.07 bits per heavy atom. The number of hydrogen-bond donors (Lipinski definition) is 1. The van der Waals surface area contributed by atoms with Crippen LogP contribution in [0.25, 0.3) is 10.6 Å². The first-order valence-corrected chi connectivity index (χ1v) is 10.5. The van der Waals surface area contributed by atoms with E-state index in [0.29, 0.717) is 25.1 Å². The zero-order valence-electron chi connectivity index (χ0n) is 16.4. The Hall–Kier alpha value is -2.99. The summed E-state index contributed by atoms with van der Waals surface area (Å²) in [5.74, 6) is -0.391. The summed E-state index contributed by atoms with van der Waals surface area (Å²) in [4.78, 5) is 28.4. The van der Waals surface area contributed by atoms with E-state index in [-0.39, 0.29) is 24.9 Å². The standard InChI is InChI=1S/C23H24N2O3S/c1-17-7-9-18(10-8-17)11-12-21(26)24-13-14-28-22(27)15-20-16-29-23(25-20)19-5-3-2-4-6-19/h2-10,16H,11-15H2,1H3,(H,24,26). The molecule has 6 heteroatoms. The van der Waals surface area contributed by atoms with Crippen LogP contribution in [0.5, 0.6) is 0 Å². The summed E-state index contributed by atoms with van der Waals surface area (Å²) in [6, 6.07) is 18.0. The third-order valence-corrected chi connectivity index (χ3v) is 5.29. The van der Waals surface area contributed by atoms with Crippen LogP contribution in [0.2, 0.25) is 0 Å². The number of ether oxygens (including phenoxy) is 1. The molecule has 1 amide bonds. The van der Waals surface area contributed by atoms with Gasteiger partial charge in [0.05, 0.1) is 18.7 Å². The number of rotatable bonds is 9. The molecule has 3 rings (SSSR count). The van der Waals surface area contributed by atoms with Gasteiger partial charge in [-0.3, -0.25) is 9.59 Å². The molecule has 5 nitrogen and oxygen atoms in total. The highest BCUT2D eigenvalue weighted by Crippen LogP contribution is 2.23. The molecule has 0 saturated carbocycles. The molecular formula is C23H24N2O3S. The zero-order valence-corrected chi connectivity index (χ0v) is 17.2. The second-order valence-electron chi connectivity index (χ2n) is 6.74. The minimum absolute atomic E-state index is 0.0476. The second kappa shape index (κ2) is 10.5. The summed E-state index contributed by atoms with van der Waals surface area (Å²) in [6.07, 6.45) is 1.24. The van der Waals surface area contributed by atoms with Gasteiger partial charge < -0.3 is 10.1 Å². The van der Waals surface area contributed by atoms with E-state index >= 15 is 0 Å². The Kier molecular flexibility index (Phi) is 7.53. The van der Waals surface area contributed by atoms with Crippen molar-refractivity contribution in [3.8, 4) is 10.6 Å². The molecule has 1 heterocycles. The lowest BCUT2D eigenvalue weighted by molar-refractivity contribution is -0.143. The van der Waals surface area contributed by atoms with Crippen LogP contribution in [-0.4, -0.2) is 30.0 Å². The molecular weight excluding hydrogens is 384 g/mol. The summed E-state index contributed by atoms with van der Waals surface area (Å²) < 4.78 is 5.20. The first-order valence-electron chi connectivity index (χ1n) is 9.58. The maximum atomic E-state index is 12.0. The number of esters is 1. The lowest BCUT2D eigenvalue weighted by Gasteiger charge is -2.07. The molecule has 1 N–H and O–H groups in total. The van der Waals surface area contributed by atoms with Crippen molar-refractivity contribution in [3.63, 3.8) is 0 Å². The Balaban J connectivity index is 1.32. The monoisotopic (exact) mass is 408 g/mol. The molecule has 150 valence electrons. The fraction of sp³-hybridized carbons (Fsp3) is 0.261. The number of nitrogens with one attached hydrogen (secondary N) is 1. The molecule has 0 unspecified atom stereocenters. The van der Waals surface area contributed by atoms with Crippen molar-refractivity contribution in [2.75, 3.05) is 13.2 Å². The van der Waals surface area contributed by atoms with E-state index in [0.717, 1.165) is 16.1 Å². The third kappa shape index (κ3) is 6.84. The quantitative estimate of drug-likeness (QED) is 0.430. The number of thiazole rings is 1. The van der Waals surface area contributed by atoms with Crippen LogP contribution in [0.15, 0.2) is 60.0 Å². The number of carbonyl (C=O) groups is 2. The fourth-order valence-corrected chi connectivity index (χ4v) is 3.58. The summed E-state index contributed by atoms with van der Waals surface area (Å²) in [5, 5.41) is 5.53. The van der Waals surface area contributed by atoms with Crippen LogP contribution < -0.4 is 5.32 Å². The lowest BCUT2D eigenvalue weighted by Crippen LogP contribution is -2.28. The van der Waals surface area contributed by atoms with Gasteiger partial charge in [-0.2, -0.15) is 0 Å². The highest BCUT2D eigenvalue weighted by Gasteiger charge is 2.10. The van der Waals surface area contributed by atoms with Crippen LogP contribution >= 0.6 is 11.3 Å². The highest BCUT2D eigenvalue weighted by atomic mass is 32.1. The van der Waals surface area contributed by atoms with Crippen LogP contribution in [-0.2, 0) is 27.2 Å². The summed E-state index contributed by atoms with van der Waals surface area (Å²) in [7, 11) is 0. The van der Waals surface area contributed by atoms with Gasteiger partial charge >= 0.3 is 5.97 Å². The van der Waals surface area contributed by atoms with Crippen molar-refractivity contribution in [2.45, 2.75) is 26.2 Å². The van der Waals surface area contributed by atoms with Gasteiger partial charge in [0, 0.05) is 17.4 Å². The molecule has 0 spiro atoms. The highest BCUT2D eigenvalue weighted by molar-refractivity contribution is 7.13. The van der Waals surface area contributed by atoms with Gasteiger partial charge in [0.2, 0.25) is 5.91 Å². The van der Waals surface area contributed by atoms with Gasteiger partial charge in [0.15, 0.2) is 0 Å². The summed E-state index contributed by atoms with van der Waals surface area (Å²) >= 11 is 1.51. The van der Waals surface area contributed by atoms with E-state index in [4.69, 9.17) is 4.74 Å². The van der Waals surface area contributed by atoms with Crippen molar-refractivity contribution < 1.29 is 14.3 Å². The number of carbonyl (C=O) groups excluding carboxylic acids is 2. The van der Waals surface area contributed by atoms with Crippen molar-refractivity contribution in [1.29, 1.82) is 0 Å². The second-order valence-corrected chi connectivity index (χ2v) is 7.60. The minimum atomic E-state index is -0.344. The molecule has 2 aromatic carbocycles. The van der Waals surface area contributed by atoms with Crippen LogP contribution in [0.3, 0.4) is 0 Å². The minimum Gasteiger partial charge on any atom is -0.464 e. The zero-order chi connectivity index (χ0) is 20.5. The SMILES string of the molecule is Cc1ccc(CCC(=O)NCCOC(=O)Cc2csc(-c3ccccc3)n2)cc1. The van der Waals surface area contributed by atoms with Crippen molar-refractivity contribution >= 4 is 23.2 Å². The molecule has 0 aliphatic carbocycles. The van der Waals surface area contributed by atoms with Crippen LogP contribution in [0.4, 0.5) is 0 Å². The van der Waals surface area contributed by atoms with Gasteiger partial charge in [-0.25, -0.2) is 4.98 Å². The molecule has 0 radical (unpaired) electrons. The molecule has 3 aromatic rings. The number of hydrogen-bond acceptors (Lipinski definition) is 5. The molecule has 0 saturated heterocycles. The Morgan fingerprint density at radius 2 is 1.83 bits per heavy atom.